The Morgan fingerprint density at radius 2 is 1.87 bits per heavy atom. The molecular formula is C29H34FN5O3S. The maximum atomic E-state index is 14.2. The molecular weight excluding hydrogens is 517 g/mol. The highest BCUT2D eigenvalue weighted by Gasteiger charge is 2.22. The number of amides is 1. The van der Waals surface area contributed by atoms with Gasteiger partial charge in [0.15, 0.2) is 5.16 Å². The van der Waals surface area contributed by atoms with Gasteiger partial charge in [-0.3, -0.25) is 4.79 Å². The van der Waals surface area contributed by atoms with Crippen molar-refractivity contribution in [2.45, 2.75) is 36.5 Å². The first-order valence-corrected chi connectivity index (χ1v) is 14.3. The van der Waals surface area contributed by atoms with Crippen molar-refractivity contribution in [1.29, 1.82) is 0 Å². The van der Waals surface area contributed by atoms with Gasteiger partial charge in [0, 0.05) is 63.8 Å². The van der Waals surface area contributed by atoms with E-state index in [2.05, 4.69) is 20.1 Å². The standard InChI is InChI=1S/C29H34FN5O3S/c1-37-19-23-17-27(35-14-12-34(13-15-35)26-7-3-2-6-25(26)30)33-29(32-23)39-20-21-8-10-22(11-9-21)28(36)31-18-24-5-4-16-38-24/h2-3,6-11,17,24H,4-5,12-16,18-20H2,1H3,(H,31,36)/t24-/m0/s1. The zero-order valence-electron chi connectivity index (χ0n) is 22.1. The van der Waals surface area contributed by atoms with Gasteiger partial charge in [0.1, 0.15) is 11.6 Å². The molecule has 2 fully saturated rings. The largest absolute Gasteiger partial charge is 0.378 e. The third-order valence-electron chi connectivity index (χ3n) is 6.93. The summed E-state index contributed by atoms with van der Waals surface area (Å²) in [6.07, 6.45) is 2.17. The number of methoxy groups -OCH3 is 1. The first kappa shape index (κ1) is 27.4. The summed E-state index contributed by atoms with van der Waals surface area (Å²) in [6.45, 7) is 4.61. The maximum Gasteiger partial charge on any atom is 0.251 e. The van der Waals surface area contributed by atoms with E-state index in [-0.39, 0.29) is 17.8 Å². The lowest BCUT2D eigenvalue weighted by Gasteiger charge is -2.37. The summed E-state index contributed by atoms with van der Waals surface area (Å²) in [5.41, 5.74) is 3.18. The zero-order valence-corrected chi connectivity index (χ0v) is 23.0. The normalized spacial score (nSPS) is 17.4. The minimum Gasteiger partial charge on any atom is -0.378 e. The van der Waals surface area contributed by atoms with Crippen molar-refractivity contribution in [3.63, 3.8) is 0 Å². The van der Waals surface area contributed by atoms with Gasteiger partial charge in [0.25, 0.3) is 5.91 Å². The molecule has 0 saturated carbocycles. The highest BCUT2D eigenvalue weighted by molar-refractivity contribution is 7.98. The molecule has 1 aromatic heterocycles. The van der Waals surface area contributed by atoms with Gasteiger partial charge >= 0.3 is 0 Å². The fourth-order valence-electron chi connectivity index (χ4n) is 4.81. The summed E-state index contributed by atoms with van der Waals surface area (Å²) >= 11 is 1.55. The number of carbonyl (C=O) groups excluding carboxylic acids is 1. The van der Waals surface area contributed by atoms with E-state index >= 15 is 0 Å². The van der Waals surface area contributed by atoms with Crippen molar-refractivity contribution in [1.82, 2.24) is 15.3 Å². The highest BCUT2D eigenvalue weighted by Crippen LogP contribution is 2.26. The summed E-state index contributed by atoms with van der Waals surface area (Å²) in [5, 5.41) is 3.64. The molecule has 206 valence electrons. The first-order chi connectivity index (χ1) is 19.1. The second kappa shape index (κ2) is 13.2. The lowest BCUT2D eigenvalue weighted by Crippen LogP contribution is -2.47. The van der Waals surface area contributed by atoms with Crippen LogP contribution in [-0.2, 0) is 21.8 Å². The second-order valence-electron chi connectivity index (χ2n) is 9.69. The molecule has 5 rings (SSSR count). The molecule has 0 bridgehead atoms. The second-order valence-corrected chi connectivity index (χ2v) is 10.6. The zero-order chi connectivity index (χ0) is 27.0. The molecule has 2 aromatic carbocycles. The van der Waals surface area contributed by atoms with E-state index in [9.17, 15) is 9.18 Å². The third kappa shape index (κ3) is 7.26. The van der Waals surface area contributed by atoms with Crippen LogP contribution in [0.2, 0.25) is 0 Å². The number of carbonyl (C=O) groups is 1. The lowest BCUT2D eigenvalue weighted by atomic mass is 10.1. The van der Waals surface area contributed by atoms with E-state index in [4.69, 9.17) is 14.5 Å². The molecule has 0 aliphatic carbocycles. The molecule has 2 saturated heterocycles. The SMILES string of the molecule is COCc1cc(N2CCN(c3ccccc3F)CC2)nc(SCc2ccc(C(=O)NC[C@@H]3CCCO3)cc2)n1. The van der Waals surface area contributed by atoms with Crippen molar-refractivity contribution < 1.29 is 18.7 Å². The van der Waals surface area contributed by atoms with Gasteiger partial charge in [-0.25, -0.2) is 14.4 Å². The third-order valence-corrected chi connectivity index (χ3v) is 7.85. The average molecular weight is 552 g/mol. The van der Waals surface area contributed by atoms with Crippen molar-refractivity contribution in [3.05, 3.63) is 77.2 Å². The summed E-state index contributed by atoms with van der Waals surface area (Å²) in [6, 6.07) is 16.5. The van der Waals surface area contributed by atoms with Crippen LogP contribution in [0.3, 0.4) is 0 Å². The van der Waals surface area contributed by atoms with Gasteiger partial charge in [0.2, 0.25) is 0 Å². The van der Waals surface area contributed by atoms with Crippen LogP contribution < -0.4 is 15.1 Å². The van der Waals surface area contributed by atoms with Crippen LogP contribution >= 0.6 is 11.8 Å². The summed E-state index contributed by atoms with van der Waals surface area (Å²) in [7, 11) is 1.65. The number of thioether (sulfide) groups is 1. The molecule has 8 nitrogen and oxygen atoms in total. The minimum absolute atomic E-state index is 0.0833. The number of hydrogen-bond acceptors (Lipinski definition) is 8. The first-order valence-electron chi connectivity index (χ1n) is 13.3. The van der Waals surface area contributed by atoms with Crippen molar-refractivity contribution in [2.24, 2.45) is 0 Å². The van der Waals surface area contributed by atoms with Crippen molar-refractivity contribution in [2.75, 3.05) is 56.2 Å². The van der Waals surface area contributed by atoms with Crippen molar-refractivity contribution >= 4 is 29.2 Å². The Morgan fingerprint density at radius 1 is 1.10 bits per heavy atom. The van der Waals surface area contributed by atoms with Crippen LogP contribution in [0.4, 0.5) is 15.9 Å². The lowest BCUT2D eigenvalue weighted by molar-refractivity contribution is 0.0858. The minimum atomic E-state index is -0.193. The predicted octanol–water partition coefficient (Wildman–Crippen LogP) is 4.29. The number of hydrogen-bond donors (Lipinski definition) is 1. The molecule has 39 heavy (non-hydrogen) atoms. The number of piperazine rings is 1. The van der Waals surface area contributed by atoms with Crippen LogP contribution in [-0.4, -0.2) is 68.4 Å². The monoisotopic (exact) mass is 551 g/mol. The number of nitrogens with one attached hydrogen (secondary N) is 1. The summed E-state index contributed by atoms with van der Waals surface area (Å²) in [4.78, 5) is 26.3. The number of aromatic nitrogens is 2. The molecule has 0 unspecified atom stereocenters. The number of para-hydroxylation sites is 1. The highest BCUT2D eigenvalue weighted by atomic mass is 32.2. The van der Waals surface area contributed by atoms with E-state index in [0.29, 0.717) is 48.4 Å². The quantitative estimate of drug-likeness (QED) is 0.295. The molecule has 10 heteroatoms. The van der Waals surface area contributed by atoms with E-state index < -0.39 is 0 Å². The van der Waals surface area contributed by atoms with E-state index in [0.717, 1.165) is 49.6 Å². The van der Waals surface area contributed by atoms with Crippen LogP contribution in [0.5, 0.6) is 0 Å². The van der Waals surface area contributed by atoms with Gasteiger partial charge < -0.3 is 24.6 Å². The molecule has 3 aromatic rings. The van der Waals surface area contributed by atoms with E-state index in [1.165, 1.54) is 6.07 Å². The fourth-order valence-corrected chi connectivity index (χ4v) is 5.63. The number of halogens is 1. The Hall–Kier alpha value is -3.21. The van der Waals surface area contributed by atoms with E-state index in [1.54, 1.807) is 24.9 Å². The van der Waals surface area contributed by atoms with Crippen LogP contribution in [0.15, 0.2) is 59.8 Å². The van der Waals surface area contributed by atoms with Gasteiger partial charge in [-0.15, -0.1) is 0 Å². The van der Waals surface area contributed by atoms with Crippen LogP contribution in [0.25, 0.3) is 0 Å². The molecule has 1 N–H and O–H groups in total. The van der Waals surface area contributed by atoms with Crippen LogP contribution in [0.1, 0.15) is 34.5 Å². The molecule has 2 aliphatic rings. The van der Waals surface area contributed by atoms with Gasteiger partial charge in [-0.1, -0.05) is 36.0 Å². The number of anilines is 2. The number of benzene rings is 2. The molecule has 3 heterocycles. The fraction of sp³-hybridized carbons (Fsp3) is 0.414. The Kier molecular flexibility index (Phi) is 9.28. The topological polar surface area (TPSA) is 79.8 Å². The van der Waals surface area contributed by atoms with Gasteiger partial charge in [-0.05, 0) is 42.7 Å². The van der Waals surface area contributed by atoms with Crippen LogP contribution in [0, 0.1) is 5.82 Å². The Balaban J connectivity index is 1.18. The molecule has 1 amide bonds. The molecule has 0 spiro atoms. The maximum absolute atomic E-state index is 14.2. The Morgan fingerprint density at radius 3 is 2.59 bits per heavy atom. The molecule has 2 aliphatic heterocycles. The molecule has 0 radical (unpaired) electrons. The van der Waals surface area contributed by atoms with Gasteiger partial charge in [0.05, 0.1) is 24.1 Å². The predicted molar refractivity (Wildman–Crippen MR) is 151 cm³/mol. The number of nitrogens with zero attached hydrogens (tertiary/aromatic N) is 4. The Labute approximate surface area is 232 Å². The van der Waals surface area contributed by atoms with E-state index in [1.807, 2.05) is 42.5 Å². The number of ether oxygens (including phenoxy) is 2. The Bertz CT molecular complexity index is 1250. The molecule has 1 atom stereocenters. The average Bonchev–Trinajstić information content (AvgIpc) is 3.49. The summed E-state index contributed by atoms with van der Waals surface area (Å²) in [5.74, 6) is 1.25. The van der Waals surface area contributed by atoms with Crippen molar-refractivity contribution in [3.8, 4) is 0 Å². The smallest absolute Gasteiger partial charge is 0.251 e. The van der Waals surface area contributed by atoms with Gasteiger partial charge in [-0.2, -0.15) is 0 Å². The number of rotatable bonds is 10. The summed E-state index contributed by atoms with van der Waals surface area (Å²) < 4.78 is 25.2.